The van der Waals surface area contributed by atoms with Crippen LogP contribution in [-0.2, 0) is 20.0 Å². The van der Waals surface area contributed by atoms with Gasteiger partial charge in [-0.1, -0.05) is 39.7 Å². The Morgan fingerprint density at radius 2 is 1.92 bits per heavy atom. The maximum Gasteiger partial charge on any atom is 0.338 e. The molecule has 1 aliphatic rings. The quantitative estimate of drug-likeness (QED) is 0.497. The predicted octanol–water partition coefficient (Wildman–Crippen LogP) is 4.17. The molecule has 26 heavy (non-hydrogen) atoms. The third-order valence-corrected chi connectivity index (χ3v) is 5.04. The van der Waals surface area contributed by atoms with Gasteiger partial charge in [0.2, 0.25) is 5.79 Å². The van der Waals surface area contributed by atoms with E-state index in [1.54, 1.807) is 43.5 Å². The molecular weight excluding hydrogens is 424 g/mol. The average Bonchev–Trinajstić information content (AvgIpc) is 3.11. The first kappa shape index (κ1) is 19.2. The van der Waals surface area contributed by atoms with Crippen molar-refractivity contribution in [1.82, 2.24) is 0 Å². The van der Waals surface area contributed by atoms with Crippen molar-refractivity contribution in [2.75, 3.05) is 25.7 Å². The van der Waals surface area contributed by atoms with Crippen LogP contribution in [-0.4, -0.2) is 37.7 Å². The molecule has 1 fully saturated rings. The third-order valence-electron chi connectivity index (χ3n) is 4.05. The molecule has 0 aliphatic carbocycles. The van der Waals surface area contributed by atoms with Gasteiger partial charge in [0.25, 0.3) is 0 Å². The summed E-state index contributed by atoms with van der Waals surface area (Å²) in [5.74, 6) is -0.653. The Hall–Kier alpha value is -1.60. The highest BCUT2D eigenvalue weighted by Gasteiger charge is 2.42. The Labute approximate surface area is 165 Å². The van der Waals surface area contributed by atoms with E-state index in [0.29, 0.717) is 28.3 Å². The second-order valence-electron chi connectivity index (χ2n) is 5.77. The molecule has 0 amide bonds. The highest BCUT2D eigenvalue weighted by atomic mass is 79.9. The SMILES string of the molecule is COc1ccc(C(=O)OC[C@@H]2CO[C@](CBr)(c3ccc(Cl)cc3)O2)cc1. The average molecular weight is 442 g/mol. The van der Waals surface area contributed by atoms with Crippen LogP contribution in [0.15, 0.2) is 48.5 Å². The summed E-state index contributed by atoms with van der Waals surface area (Å²) in [7, 11) is 1.57. The highest BCUT2D eigenvalue weighted by Crippen LogP contribution is 2.36. The van der Waals surface area contributed by atoms with Crippen LogP contribution in [0.5, 0.6) is 5.75 Å². The van der Waals surface area contributed by atoms with E-state index in [2.05, 4.69) is 15.9 Å². The number of rotatable bonds is 6. The van der Waals surface area contributed by atoms with Crippen LogP contribution in [0.1, 0.15) is 15.9 Å². The monoisotopic (exact) mass is 440 g/mol. The van der Waals surface area contributed by atoms with E-state index in [-0.39, 0.29) is 12.7 Å². The summed E-state index contributed by atoms with van der Waals surface area (Å²) >= 11 is 9.38. The van der Waals surface area contributed by atoms with Gasteiger partial charge in [0.15, 0.2) is 0 Å². The molecule has 0 unspecified atom stereocenters. The maximum atomic E-state index is 12.2. The fourth-order valence-electron chi connectivity index (χ4n) is 2.63. The van der Waals surface area contributed by atoms with E-state index < -0.39 is 11.8 Å². The van der Waals surface area contributed by atoms with E-state index in [1.807, 2.05) is 12.1 Å². The summed E-state index contributed by atoms with van der Waals surface area (Å²) in [5.41, 5.74) is 1.30. The molecule has 3 rings (SSSR count). The molecule has 0 saturated carbocycles. The summed E-state index contributed by atoms with van der Waals surface area (Å²) in [6.07, 6.45) is -0.356. The first-order valence-electron chi connectivity index (χ1n) is 8.01. The lowest BCUT2D eigenvalue weighted by Gasteiger charge is -2.26. The van der Waals surface area contributed by atoms with Crippen molar-refractivity contribution >= 4 is 33.5 Å². The highest BCUT2D eigenvalue weighted by molar-refractivity contribution is 9.09. The zero-order valence-electron chi connectivity index (χ0n) is 14.1. The number of esters is 1. The van der Waals surface area contributed by atoms with Gasteiger partial charge < -0.3 is 18.9 Å². The number of carbonyl (C=O) groups excluding carboxylic acids is 1. The third kappa shape index (κ3) is 4.20. The van der Waals surface area contributed by atoms with Crippen molar-refractivity contribution in [3.63, 3.8) is 0 Å². The number of methoxy groups -OCH3 is 1. The molecule has 0 N–H and O–H groups in total. The number of benzene rings is 2. The smallest absolute Gasteiger partial charge is 0.338 e. The van der Waals surface area contributed by atoms with Gasteiger partial charge in [0.05, 0.1) is 24.6 Å². The van der Waals surface area contributed by atoms with Crippen LogP contribution in [0.4, 0.5) is 0 Å². The van der Waals surface area contributed by atoms with Gasteiger partial charge >= 0.3 is 5.97 Å². The molecule has 2 aromatic carbocycles. The molecular formula is C19H18BrClO5. The predicted molar refractivity (Wildman–Crippen MR) is 101 cm³/mol. The van der Waals surface area contributed by atoms with E-state index in [4.69, 9.17) is 30.5 Å². The van der Waals surface area contributed by atoms with Crippen LogP contribution in [0.3, 0.4) is 0 Å². The number of hydrogen-bond acceptors (Lipinski definition) is 5. The molecule has 7 heteroatoms. The molecule has 2 atom stereocenters. The van der Waals surface area contributed by atoms with Gasteiger partial charge in [0, 0.05) is 10.6 Å². The van der Waals surface area contributed by atoms with Gasteiger partial charge in [-0.25, -0.2) is 4.79 Å². The van der Waals surface area contributed by atoms with Crippen molar-refractivity contribution < 1.29 is 23.7 Å². The lowest BCUT2D eigenvalue weighted by molar-refractivity contribution is -0.160. The van der Waals surface area contributed by atoms with Gasteiger partial charge in [0.1, 0.15) is 18.5 Å². The maximum absolute atomic E-state index is 12.2. The first-order chi connectivity index (χ1) is 12.6. The van der Waals surface area contributed by atoms with Gasteiger partial charge in [-0.2, -0.15) is 0 Å². The minimum absolute atomic E-state index is 0.104. The molecule has 0 spiro atoms. The molecule has 0 radical (unpaired) electrons. The molecule has 2 aromatic rings. The van der Waals surface area contributed by atoms with Gasteiger partial charge in [-0.3, -0.25) is 0 Å². The van der Waals surface area contributed by atoms with Crippen molar-refractivity contribution in [3.05, 3.63) is 64.7 Å². The molecule has 0 aromatic heterocycles. The number of carbonyl (C=O) groups is 1. The van der Waals surface area contributed by atoms with Crippen LogP contribution < -0.4 is 4.74 Å². The van der Waals surface area contributed by atoms with Crippen LogP contribution in [0.25, 0.3) is 0 Å². The summed E-state index contributed by atoms with van der Waals surface area (Å²) in [5, 5.41) is 1.09. The van der Waals surface area contributed by atoms with Gasteiger partial charge in [-0.15, -0.1) is 0 Å². The minimum atomic E-state index is -0.915. The molecule has 138 valence electrons. The Balaban J connectivity index is 1.59. The van der Waals surface area contributed by atoms with Crippen LogP contribution in [0, 0.1) is 0 Å². The second kappa shape index (κ2) is 8.39. The summed E-state index contributed by atoms with van der Waals surface area (Å²) < 4.78 is 22.3. The van der Waals surface area contributed by atoms with Gasteiger partial charge in [-0.05, 0) is 36.4 Å². The standard InChI is InChI=1S/C19H18BrClO5/c1-23-16-8-2-13(3-9-16)18(22)24-10-17-11-25-19(12-20,26-17)14-4-6-15(21)7-5-14/h2-9,17H,10-12H2,1H3/t17-,19+/m1/s1. The molecule has 5 nitrogen and oxygen atoms in total. The number of halogens is 2. The Morgan fingerprint density at radius 1 is 1.23 bits per heavy atom. The fraction of sp³-hybridized carbons (Fsp3) is 0.316. The van der Waals surface area contributed by atoms with E-state index in [9.17, 15) is 4.79 Å². The summed E-state index contributed by atoms with van der Waals surface area (Å²) in [6.45, 7) is 0.428. The van der Waals surface area contributed by atoms with E-state index >= 15 is 0 Å². The first-order valence-corrected chi connectivity index (χ1v) is 9.51. The van der Waals surface area contributed by atoms with Crippen molar-refractivity contribution in [3.8, 4) is 5.75 Å². The lowest BCUT2D eigenvalue weighted by atomic mass is 10.1. The van der Waals surface area contributed by atoms with Crippen molar-refractivity contribution in [1.29, 1.82) is 0 Å². The minimum Gasteiger partial charge on any atom is -0.497 e. The number of alkyl halides is 1. The topological polar surface area (TPSA) is 54.0 Å². The second-order valence-corrected chi connectivity index (χ2v) is 6.77. The van der Waals surface area contributed by atoms with Crippen molar-refractivity contribution in [2.24, 2.45) is 0 Å². The Morgan fingerprint density at radius 3 is 2.54 bits per heavy atom. The number of hydrogen-bond donors (Lipinski definition) is 0. The van der Waals surface area contributed by atoms with Crippen LogP contribution in [0.2, 0.25) is 5.02 Å². The normalized spacial score (nSPS) is 22.2. The fourth-order valence-corrected chi connectivity index (χ4v) is 3.37. The van der Waals surface area contributed by atoms with E-state index in [0.717, 1.165) is 5.56 Å². The number of ether oxygens (including phenoxy) is 4. The van der Waals surface area contributed by atoms with E-state index in [1.165, 1.54) is 0 Å². The Kier molecular flexibility index (Phi) is 6.19. The largest absolute Gasteiger partial charge is 0.497 e. The van der Waals surface area contributed by atoms with Crippen LogP contribution >= 0.6 is 27.5 Å². The molecule has 1 aliphatic heterocycles. The lowest BCUT2D eigenvalue weighted by Crippen LogP contribution is -2.31. The molecule has 1 heterocycles. The van der Waals surface area contributed by atoms with Crippen molar-refractivity contribution in [2.45, 2.75) is 11.9 Å². The summed E-state index contributed by atoms with van der Waals surface area (Å²) in [6, 6.07) is 14.0. The zero-order valence-corrected chi connectivity index (χ0v) is 16.5. The molecule has 0 bridgehead atoms. The Bertz CT molecular complexity index is 750. The molecule has 1 saturated heterocycles. The summed E-state index contributed by atoms with van der Waals surface area (Å²) in [4.78, 5) is 12.2. The zero-order chi connectivity index (χ0) is 18.6.